The number of nitrogens with two attached hydrogens (primary N) is 1. The Hall–Kier alpha value is -1.02. The van der Waals surface area contributed by atoms with Gasteiger partial charge in [-0.25, -0.2) is 0 Å². The van der Waals surface area contributed by atoms with Gasteiger partial charge in [-0.05, 0) is 44.4 Å². The van der Waals surface area contributed by atoms with E-state index >= 15 is 0 Å². The van der Waals surface area contributed by atoms with Crippen LogP contribution in [-0.4, -0.2) is 20.1 Å². The first-order valence-corrected chi connectivity index (χ1v) is 6.03. The van der Waals surface area contributed by atoms with Gasteiger partial charge in [-0.2, -0.15) is 0 Å². The van der Waals surface area contributed by atoms with Crippen molar-refractivity contribution in [1.29, 1.82) is 0 Å². The van der Waals surface area contributed by atoms with E-state index in [1.54, 1.807) is 0 Å². The number of hydrogen-bond donors (Lipinski definition) is 1. The van der Waals surface area contributed by atoms with Crippen LogP contribution in [0.15, 0.2) is 18.2 Å². The standard InChI is InChI=1S/C14H24N2/c1-11-5-6-14(13(3)9-11)16(4)8-7-12(2)10-15/h5-6,9,12H,7-8,10,15H2,1-4H3. The van der Waals surface area contributed by atoms with Gasteiger partial charge in [0.05, 0.1) is 0 Å². The van der Waals surface area contributed by atoms with Gasteiger partial charge in [0.2, 0.25) is 0 Å². The fraction of sp³-hybridized carbons (Fsp3) is 0.571. The normalized spacial score (nSPS) is 12.6. The molecular weight excluding hydrogens is 196 g/mol. The van der Waals surface area contributed by atoms with Crippen molar-refractivity contribution in [2.24, 2.45) is 11.7 Å². The summed E-state index contributed by atoms with van der Waals surface area (Å²) in [5.41, 5.74) is 9.63. The summed E-state index contributed by atoms with van der Waals surface area (Å²) < 4.78 is 0. The van der Waals surface area contributed by atoms with Crippen molar-refractivity contribution < 1.29 is 0 Å². The van der Waals surface area contributed by atoms with Crippen molar-refractivity contribution >= 4 is 5.69 Å². The van der Waals surface area contributed by atoms with Crippen LogP contribution in [0, 0.1) is 19.8 Å². The van der Waals surface area contributed by atoms with Gasteiger partial charge >= 0.3 is 0 Å². The highest BCUT2D eigenvalue weighted by Gasteiger charge is 2.06. The molecule has 0 aliphatic rings. The molecule has 1 aromatic rings. The lowest BCUT2D eigenvalue weighted by Gasteiger charge is -2.23. The highest BCUT2D eigenvalue weighted by Crippen LogP contribution is 2.20. The van der Waals surface area contributed by atoms with Crippen LogP contribution < -0.4 is 10.6 Å². The third-order valence-electron chi connectivity index (χ3n) is 3.12. The van der Waals surface area contributed by atoms with Gasteiger partial charge in [-0.15, -0.1) is 0 Å². The van der Waals surface area contributed by atoms with E-state index in [1.807, 2.05) is 0 Å². The molecule has 0 radical (unpaired) electrons. The average Bonchev–Trinajstić information content (AvgIpc) is 2.25. The molecular formula is C14H24N2. The largest absolute Gasteiger partial charge is 0.374 e. The summed E-state index contributed by atoms with van der Waals surface area (Å²) in [5.74, 6) is 0.605. The van der Waals surface area contributed by atoms with E-state index in [4.69, 9.17) is 5.73 Å². The summed E-state index contributed by atoms with van der Waals surface area (Å²) in [6, 6.07) is 6.61. The molecule has 2 N–H and O–H groups in total. The number of anilines is 1. The second-order valence-electron chi connectivity index (χ2n) is 4.84. The van der Waals surface area contributed by atoms with Crippen LogP contribution in [0.3, 0.4) is 0 Å². The summed E-state index contributed by atoms with van der Waals surface area (Å²) in [5, 5.41) is 0. The molecule has 2 nitrogen and oxygen atoms in total. The quantitative estimate of drug-likeness (QED) is 0.826. The number of aryl methyl sites for hydroxylation is 2. The van der Waals surface area contributed by atoms with E-state index in [-0.39, 0.29) is 0 Å². The number of nitrogens with zero attached hydrogens (tertiary/aromatic N) is 1. The Morgan fingerprint density at radius 2 is 2.00 bits per heavy atom. The van der Waals surface area contributed by atoms with Crippen molar-refractivity contribution in [2.75, 3.05) is 25.0 Å². The van der Waals surface area contributed by atoms with Gasteiger partial charge in [0.25, 0.3) is 0 Å². The Morgan fingerprint density at radius 1 is 1.31 bits per heavy atom. The molecule has 1 atom stereocenters. The Balaban J connectivity index is 2.62. The van der Waals surface area contributed by atoms with E-state index in [2.05, 4.69) is 50.9 Å². The molecule has 1 rings (SSSR count). The summed E-state index contributed by atoms with van der Waals surface area (Å²) in [4.78, 5) is 2.32. The molecule has 1 unspecified atom stereocenters. The van der Waals surface area contributed by atoms with Gasteiger partial charge in [0.15, 0.2) is 0 Å². The molecule has 0 bridgehead atoms. The van der Waals surface area contributed by atoms with E-state index in [1.165, 1.54) is 16.8 Å². The SMILES string of the molecule is Cc1ccc(N(C)CCC(C)CN)c(C)c1. The Labute approximate surface area is 99.5 Å². The maximum absolute atomic E-state index is 5.63. The molecule has 0 amide bonds. The molecule has 0 aliphatic carbocycles. The topological polar surface area (TPSA) is 29.3 Å². The molecule has 0 heterocycles. The summed E-state index contributed by atoms with van der Waals surface area (Å²) in [6.45, 7) is 8.36. The van der Waals surface area contributed by atoms with Crippen LogP contribution in [0.25, 0.3) is 0 Å². The first-order valence-electron chi connectivity index (χ1n) is 6.03. The Bertz CT molecular complexity index is 334. The third kappa shape index (κ3) is 3.53. The second-order valence-corrected chi connectivity index (χ2v) is 4.84. The number of rotatable bonds is 5. The van der Waals surface area contributed by atoms with Gasteiger partial charge in [0, 0.05) is 19.3 Å². The van der Waals surface area contributed by atoms with Crippen molar-refractivity contribution in [3.8, 4) is 0 Å². The zero-order chi connectivity index (χ0) is 12.1. The molecule has 0 aliphatic heterocycles. The predicted molar refractivity (Wildman–Crippen MR) is 72.0 cm³/mol. The monoisotopic (exact) mass is 220 g/mol. The van der Waals surface area contributed by atoms with Crippen molar-refractivity contribution in [1.82, 2.24) is 0 Å². The Kier molecular flexibility index (Phi) is 4.81. The van der Waals surface area contributed by atoms with Gasteiger partial charge in [-0.3, -0.25) is 0 Å². The minimum absolute atomic E-state index is 0.605. The van der Waals surface area contributed by atoms with E-state index in [9.17, 15) is 0 Å². The molecule has 90 valence electrons. The predicted octanol–water partition coefficient (Wildman–Crippen LogP) is 2.72. The summed E-state index contributed by atoms with van der Waals surface area (Å²) >= 11 is 0. The molecule has 2 heteroatoms. The minimum Gasteiger partial charge on any atom is -0.374 e. The van der Waals surface area contributed by atoms with E-state index in [0.717, 1.165) is 19.5 Å². The first kappa shape index (κ1) is 13.0. The van der Waals surface area contributed by atoms with Gasteiger partial charge in [-0.1, -0.05) is 24.6 Å². The maximum atomic E-state index is 5.63. The van der Waals surface area contributed by atoms with Crippen LogP contribution in [0.2, 0.25) is 0 Å². The number of benzene rings is 1. The summed E-state index contributed by atoms with van der Waals surface area (Å²) in [7, 11) is 2.15. The zero-order valence-corrected chi connectivity index (χ0v) is 11.0. The molecule has 0 aromatic heterocycles. The van der Waals surface area contributed by atoms with Crippen LogP contribution in [-0.2, 0) is 0 Å². The lowest BCUT2D eigenvalue weighted by Crippen LogP contribution is -2.23. The van der Waals surface area contributed by atoms with Crippen LogP contribution in [0.5, 0.6) is 0 Å². The van der Waals surface area contributed by atoms with Crippen molar-refractivity contribution in [2.45, 2.75) is 27.2 Å². The zero-order valence-electron chi connectivity index (χ0n) is 11.0. The van der Waals surface area contributed by atoms with Crippen LogP contribution in [0.4, 0.5) is 5.69 Å². The van der Waals surface area contributed by atoms with Gasteiger partial charge in [0.1, 0.15) is 0 Å². The second kappa shape index (κ2) is 5.90. The highest BCUT2D eigenvalue weighted by molar-refractivity contribution is 5.53. The third-order valence-corrected chi connectivity index (χ3v) is 3.12. The number of hydrogen-bond acceptors (Lipinski definition) is 2. The lowest BCUT2D eigenvalue weighted by molar-refractivity contribution is 0.545. The molecule has 0 saturated carbocycles. The summed E-state index contributed by atoms with van der Waals surface area (Å²) in [6.07, 6.45) is 1.15. The fourth-order valence-corrected chi connectivity index (χ4v) is 1.89. The van der Waals surface area contributed by atoms with E-state index in [0.29, 0.717) is 5.92 Å². The molecule has 0 spiro atoms. The molecule has 16 heavy (non-hydrogen) atoms. The van der Waals surface area contributed by atoms with Crippen molar-refractivity contribution in [3.05, 3.63) is 29.3 Å². The molecule has 1 aromatic carbocycles. The van der Waals surface area contributed by atoms with Crippen molar-refractivity contribution in [3.63, 3.8) is 0 Å². The smallest absolute Gasteiger partial charge is 0.0393 e. The first-order chi connectivity index (χ1) is 7.54. The average molecular weight is 220 g/mol. The van der Waals surface area contributed by atoms with Crippen LogP contribution in [0.1, 0.15) is 24.5 Å². The molecule has 0 fully saturated rings. The minimum atomic E-state index is 0.605. The van der Waals surface area contributed by atoms with E-state index < -0.39 is 0 Å². The fourth-order valence-electron chi connectivity index (χ4n) is 1.89. The Morgan fingerprint density at radius 3 is 2.56 bits per heavy atom. The van der Waals surface area contributed by atoms with Crippen LogP contribution >= 0.6 is 0 Å². The lowest BCUT2D eigenvalue weighted by atomic mass is 10.1. The maximum Gasteiger partial charge on any atom is 0.0393 e. The highest BCUT2D eigenvalue weighted by atomic mass is 15.1. The molecule has 0 saturated heterocycles. The van der Waals surface area contributed by atoms with Gasteiger partial charge < -0.3 is 10.6 Å².